The van der Waals surface area contributed by atoms with Crippen molar-refractivity contribution in [2.45, 2.75) is 6.92 Å². The molecule has 4 nitrogen and oxygen atoms in total. The van der Waals surface area contributed by atoms with Crippen molar-refractivity contribution in [3.63, 3.8) is 0 Å². The quantitative estimate of drug-likeness (QED) is 0.592. The molecule has 0 aliphatic carbocycles. The number of rotatable bonds is 2. The molecule has 0 fully saturated rings. The Kier molecular flexibility index (Phi) is 1.46. The van der Waals surface area contributed by atoms with E-state index in [2.05, 4.69) is 15.6 Å². The minimum Gasteiger partial charge on any atom is -0.324 e. The first-order valence-corrected chi connectivity index (χ1v) is 2.52. The van der Waals surface area contributed by atoms with E-state index < -0.39 is 0 Å². The summed E-state index contributed by atoms with van der Waals surface area (Å²) < 4.78 is 1.71. The fourth-order valence-electron chi connectivity index (χ4n) is 0.465. The number of hydrogen-bond acceptors (Lipinski definition) is 3. The maximum absolute atomic E-state index is 3.59. The Balaban J connectivity index is 0.000000640. The highest BCUT2D eigenvalue weighted by Crippen LogP contribution is 1.71. The van der Waals surface area contributed by atoms with Crippen molar-refractivity contribution in [1.29, 1.82) is 0 Å². The molecule has 0 amide bonds. The van der Waals surface area contributed by atoms with Gasteiger partial charge in [0.25, 0.3) is 0 Å². The predicted molar refractivity (Wildman–Crippen MR) is 32.0 cm³/mol. The van der Waals surface area contributed by atoms with Crippen LogP contribution in [0.1, 0.15) is 8.35 Å². The van der Waals surface area contributed by atoms with Crippen molar-refractivity contribution >= 4 is 0 Å². The van der Waals surface area contributed by atoms with Gasteiger partial charge in [-0.2, -0.15) is 0 Å². The van der Waals surface area contributed by atoms with Gasteiger partial charge in [0, 0.05) is 7.97 Å². The zero-order valence-corrected chi connectivity index (χ0v) is 4.70. The fourth-order valence-corrected chi connectivity index (χ4v) is 0.465. The van der Waals surface area contributed by atoms with Gasteiger partial charge in [-0.05, 0) is 6.92 Å². The molecule has 46 valence electrons. The summed E-state index contributed by atoms with van der Waals surface area (Å²) in [7, 11) is 0. The SMILES string of the molecule is CCNn1cnnc1.[HH]. The lowest BCUT2D eigenvalue weighted by Crippen LogP contribution is -2.10. The van der Waals surface area contributed by atoms with E-state index in [1.165, 1.54) is 0 Å². The molecule has 0 atom stereocenters. The summed E-state index contributed by atoms with van der Waals surface area (Å²) in [4.78, 5) is 0. The van der Waals surface area contributed by atoms with Crippen LogP contribution in [0.15, 0.2) is 12.7 Å². The summed E-state index contributed by atoms with van der Waals surface area (Å²) >= 11 is 0. The Bertz CT molecular complexity index is 138. The van der Waals surface area contributed by atoms with Crippen molar-refractivity contribution in [3.8, 4) is 0 Å². The van der Waals surface area contributed by atoms with Crippen LogP contribution < -0.4 is 5.43 Å². The number of hydrogen-bond donors (Lipinski definition) is 1. The molecular formula is C4H10N4. The zero-order valence-electron chi connectivity index (χ0n) is 4.70. The summed E-state index contributed by atoms with van der Waals surface area (Å²) in [5.74, 6) is 0. The van der Waals surface area contributed by atoms with E-state index in [-0.39, 0.29) is 1.43 Å². The lowest BCUT2D eigenvalue weighted by Gasteiger charge is -1.97. The maximum Gasteiger partial charge on any atom is 0.138 e. The summed E-state index contributed by atoms with van der Waals surface area (Å²) in [5, 5.41) is 7.18. The second kappa shape index (κ2) is 2.30. The summed E-state index contributed by atoms with van der Waals surface area (Å²) in [6, 6.07) is 0. The van der Waals surface area contributed by atoms with Crippen LogP contribution in [0.4, 0.5) is 0 Å². The van der Waals surface area contributed by atoms with E-state index >= 15 is 0 Å². The summed E-state index contributed by atoms with van der Waals surface area (Å²) in [5.41, 5.74) is 2.98. The van der Waals surface area contributed by atoms with Crippen molar-refractivity contribution in [2.24, 2.45) is 0 Å². The van der Waals surface area contributed by atoms with Gasteiger partial charge >= 0.3 is 0 Å². The third kappa shape index (κ3) is 0.959. The largest absolute Gasteiger partial charge is 0.324 e. The molecule has 0 radical (unpaired) electrons. The molecule has 1 rings (SSSR count). The van der Waals surface area contributed by atoms with Crippen LogP contribution in [0.2, 0.25) is 0 Å². The molecule has 1 aromatic rings. The molecule has 0 saturated carbocycles. The minimum atomic E-state index is 0. The predicted octanol–water partition coefficient (Wildman–Crippen LogP) is 0.0875. The highest BCUT2D eigenvalue weighted by atomic mass is 15.5. The first kappa shape index (κ1) is 5.08. The monoisotopic (exact) mass is 114 g/mol. The molecule has 0 aliphatic rings. The standard InChI is InChI=1S/C4H8N4.H2/c1-2-7-8-3-5-6-4-8;/h3-4,7H,2H2,1H3;1H. The van der Waals surface area contributed by atoms with Crippen LogP contribution in [-0.4, -0.2) is 21.4 Å². The average molecular weight is 114 g/mol. The molecule has 4 heteroatoms. The third-order valence-corrected chi connectivity index (χ3v) is 0.759. The van der Waals surface area contributed by atoms with Crippen LogP contribution in [0.3, 0.4) is 0 Å². The van der Waals surface area contributed by atoms with Gasteiger partial charge in [0.1, 0.15) is 12.7 Å². The van der Waals surface area contributed by atoms with Crippen LogP contribution in [0, 0.1) is 0 Å². The Morgan fingerprint density at radius 2 is 2.25 bits per heavy atom. The van der Waals surface area contributed by atoms with E-state index in [0.29, 0.717) is 0 Å². The first-order chi connectivity index (χ1) is 3.93. The Labute approximate surface area is 49.0 Å². The lowest BCUT2D eigenvalue weighted by atomic mass is 10.8. The van der Waals surface area contributed by atoms with Crippen molar-refractivity contribution in [3.05, 3.63) is 12.7 Å². The van der Waals surface area contributed by atoms with Crippen LogP contribution in [0.5, 0.6) is 0 Å². The molecule has 0 aliphatic heterocycles. The topological polar surface area (TPSA) is 42.7 Å². The van der Waals surface area contributed by atoms with Crippen molar-refractivity contribution < 1.29 is 1.43 Å². The van der Waals surface area contributed by atoms with E-state index in [4.69, 9.17) is 0 Å². The van der Waals surface area contributed by atoms with E-state index in [0.717, 1.165) is 6.54 Å². The zero-order chi connectivity index (χ0) is 5.82. The molecule has 1 N–H and O–H groups in total. The van der Waals surface area contributed by atoms with E-state index in [1.54, 1.807) is 17.3 Å². The van der Waals surface area contributed by atoms with Gasteiger partial charge in [-0.15, -0.1) is 10.2 Å². The second-order valence-electron chi connectivity index (χ2n) is 1.38. The Morgan fingerprint density at radius 3 is 2.75 bits per heavy atom. The summed E-state index contributed by atoms with van der Waals surface area (Å²) in [6.07, 6.45) is 3.23. The highest BCUT2D eigenvalue weighted by molar-refractivity contribution is 4.67. The second-order valence-corrected chi connectivity index (χ2v) is 1.38. The molecule has 8 heavy (non-hydrogen) atoms. The van der Waals surface area contributed by atoms with Gasteiger partial charge in [0.15, 0.2) is 0 Å². The van der Waals surface area contributed by atoms with Gasteiger partial charge < -0.3 is 5.43 Å². The van der Waals surface area contributed by atoms with Gasteiger partial charge in [-0.3, -0.25) is 0 Å². The summed E-state index contributed by atoms with van der Waals surface area (Å²) in [6.45, 7) is 2.90. The lowest BCUT2D eigenvalue weighted by molar-refractivity contribution is 0.859. The number of nitrogens with zero attached hydrogens (tertiary/aromatic N) is 3. The fraction of sp³-hybridized carbons (Fsp3) is 0.500. The highest BCUT2D eigenvalue weighted by Gasteiger charge is 1.80. The third-order valence-electron chi connectivity index (χ3n) is 0.759. The van der Waals surface area contributed by atoms with E-state index in [9.17, 15) is 0 Å². The number of nitrogens with one attached hydrogen (secondary N) is 1. The van der Waals surface area contributed by atoms with Crippen LogP contribution >= 0.6 is 0 Å². The van der Waals surface area contributed by atoms with Crippen molar-refractivity contribution in [2.75, 3.05) is 12.0 Å². The normalized spacial score (nSPS) is 9.12. The molecule has 0 unspecified atom stereocenters. The molecule has 1 aromatic heterocycles. The van der Waals surface area contributed by atoms with Crippen molar-refractivity contribution in [1.82, 2.24) is 14.9 Å². The Hall–Kier alpha value is -1.06. The first-order valence-electron chi connectivity index (χ1n) is 2.52. The molecule has 0 bridgehead atoms. The Morgan fingerprint density at radius 1 is 1.62 bits per heavy atom. The average Bonchev–Trinajstić information content (AvgIpc) is 2.19. The van der Waals surface area contributed by atoms with Crippen LogP contribution in [0.25, 0.3) is 0 Å². The van der Waals surface area contributed by atoms with Gasteiger partial charge in [-0.25, -0.2) is 4.68 Å². The number of aromatic nitrogens is 3. The minimum absolute atomic E-state index is 0. The molecule has 0 spiro atoms. The van der Waals surface area contributed by atoms with Gasteiger partial charge in [0.05, 0.1) is 0 Å². The van der Waals surface area contributed by atoms with E-state index in [1.807, 2.05) is 6.92 Å². The molecule has 1 heterocycles. The van der Waals surface area contributed by atoms with Gasteiger partial charge in [-0.1, -0.05) is 0 Å². The molecular weight excluding hydrogens is 104 g/mol. The van der Waals surface area contributed by atoms with Gasteiger partial charge in [0.2, 0.25) is 0 Å². The van der Waals surface area contributed by atoms with Crippen LogP contribution in [-0.2, 0) is 0 Å². The molecule has 0 saturated heterocycles. The maximum atomic E-state index is 3.59. The smallest absolute Gasteiger partial charge is 0.138 e. The molecule has 0 aromatic carbocycles.